The summed E-state index contributed by atoms with van der Waals surface area (Å²) in [4.78, 5) is 22.7. The molecule has 254 valence electrons. The molecular weight excluding hydrogens is 598 g/mol. The van der Waals surface area contributed by atoms with Crippen LogP contribution in [0.25, 0.3) is 16.8 Å². The maximum Gasteiger partial charge on any atom is 0.337 e. The molecule has 4 heterocycles. The van der Waals surface area contributed by atoms with Gasteiger partial charge < -0.3 is 14.7 Å². The lowest BCUT2D eigenvalue weighted by molar-refractivity contribution is -0.160. The van der Waals surface area contributed by atoms with E-state index in [0.29, 0.717) is 11.3 Å². The van der Waals surface area contributed by atoms with E-state index in [2.05, 4.69) is 91.3 Å². The molecule has 1 N–H and O–H groups in total. The maximum atomic E-state index is 12.9. The quantitative estimate of drug-likeness (QED) is 0.207. The first kappa shape index (κ1) is 33.9. The molecule has 1 atom stereocenters. The number of carboxylic acid groups (broad SMARTS) is 1. The SMILES string of the molecule is Cc1cccc(-n2cc(CN3CCc4cc(-c5c(C)nc(C)c([C@H](OC(C)(C)C)C(=O)O)c5N5CCC(C)(C)CC5)ccc4C3)cn2)c1. The molecule has 0 aliphatic carbocycles. The minimum absolute atomic E-state index is 0.249. The number of aromatic nitrogens is 3. The zero-order chi connectivity index (χ0) is 34.4. The second-order valence-corrected chi connectivity index (χ2v) is 15.6. The molecular formula is C40H51N5O3. The zero-order valence-corrected chi connectivity index (χ0v) is 29.9. The van der Waals surface area contributed by atoms with E-state index < -0.39 is 17.7 Å². The van der Waals surface area contributed by atoms with E-state index in [-0.39, 0.29) is 5.41 Å². The Hall–Kier alpha value is -4.01. The summed E-state index contributed by atoms with van der Waals surface area (Å²) in [5.41, 5.74) is 11.2. The first-order chi connectivity index (χ1) is 22.7. The molecule has 8 heteroatoms. The molecule has 0 amide bonds. The van der Waals surface area contributed by atoms with Gasteiger partial charge in [-0.05, 0) is 101 Å². The van der Waals surface area contributed by atoms with Crippen molar-refractivity contribution in [3.05, 3.63) is 94.1 Å². The van der Waals surface area contributed by atoms with E-state index in [4.69, 9.17) is 9.72 Å². The van der Waals surface area contributed by atoms with Crippen molar-refractivity contribution in [2.24, 2.45) is 5.41 Å². The molecule has 2 aromatic carbocycles. The fraction of sp³-hybridized carbons (Fsp3) is 0.475. The highest BCUT2D eigenvalue weighted by Gasteiger charge is 2.36. The van der Waals surface area contributed by atoms with Gasteiger partial charge in [-0.25, -0.2) is 9.48 Å². The number of nitrogens with zero attached hydrogens (tertiary/aromatic N) is 5. The van der Waals surface area contributed by atoms with E-state index in [9.17, 15) is 9.90 Å². The average molecular weight is 650 g/mol. The molecule has 48 heavy (non-hydrogen) atoms. The number of rotatable bonds is 8. The molecule has 6 rings (SSSR count). The van der Waals surface area contributed by atoms with Crippen LogP contribution in [0.4, 0.5) is 5.69 Å². The molecule has 2 aliphatic rings. The second kappa shape index (κ2) is 13.1. The van der Waals surface area contributed by atoms with E-state index in [1.165, 1.54) is 22.3 Å². The van der Waals surface area contributed by atoms with Gasteiger partial charge in [-0.2, -0.15) is 5.10 Å². The number of aliphatic carboxylic acids is 1. The predicted molar refractivity (Wildman–Crippen MR) is 192 cm³/mol. The normalized spacial score (nSPS) is 17.3. The average Bonchev–Trinajstić information content (AvgIpc) is 3.48. The Bertz CT molecular complexity index is 1810. The van der Waals surface area contributed by atoms with Crippen LogP contribution < -0.4 is 4.90 Å². The van der Waals surface area contributed by atoms with Gasteiger partial charge in [-0.3, -0.25) is 9.88 Å². The Kier molecular flexibility index (Phi) is 9.26. The molecule has 8 nitrogen and oxygen atoms in total. The summed E-state index contributed by atoms with van der Waals surface area (Å²) in [6.45, 7) is 20.8. The fourth-order valence-electron chi connectivity index (χ4n) is 7.27. The van der Waals surface area contributed by atoms with Crippen LogP contribution in [0.15, 0.2) is 54.9 Å². The number of fused-ring (bicyclic) bond motifs is 1. The third-order valence-electron chi connectivity index (χ3n) is 9.86. The first-order valence-corrected chi connectivity index (χ1v) is 17.3. The van der Waals surface area contributed by atoms with Crippen molar-refractivity contribution in [3.63, 3.8) is 0 Å². The van der Waals surface area contributed by atoms with Crippen molar-refractivity contribution in [2.75, 3.05) is 24.5 Å². The van der Waals surface area contributed by atoms with Gasteiger partial charge in [0.1, 0.15) is 0 Å². The number of hydrogen-bond acceptors (Lipinski definition) is 6. The number of benzene rings is 2. The number of aryl methyl sites for hydroxylation is 3. The number of carbonyl (C=O) groups is 1. The van der Waals surface area contributed by atoms with Gasteiger partial charge >= 0.3 is 5.97 Å². The van der Waals surface area contributed by atoms with Crippen molar-refractivity contribution in [3.8, 4) is 16.8 Å². The van der Waals surface area contributed by atoms with Gasteiger partial charge in [0.25, 0.3) is 0 Å². The Morgan fingerprint density at radius 2 is 1.75 bits per heavy atom. The number of carboxylic acids is 1. The van der Waals surface area contributed by atoms with Crippen LogP contribution >= 0.6 is 0 Å². The van der Waals surface area contributed by atoms with Gasteiger partial charge in [0.2, 0.25) is 0 Å². The Morgan fingerprint density at radius 3 is 2.44 bits per heavy atom. The molecule has 0 unspecified atom stereocenters. The lowest BCUT2D eigenvalue weighted by Crippen LogP contribution is -2.39. The third kappa shape index (κ3) is 7.35. The van der Waals surface area contributed by atoms with Crippen LogP contribution in [0.3, 0.4) is 0 Å². The molecule has 2 aromatic heterocycles. The first-order valence-electron chi connectivity index (χ1n) is 17.3. The van der Waals surface area contributed by atoms with Crippen LogP contribution in [0, 0.1) is 26.2 Å². The van der Waals surface area contributed by atoms with Crippen molar-refractivity contribution < 1.29 is 14.6 Å². The number of pyridine rings is 1. The molecule has 0 radical (unpaired) electrons. The number of piperidine rings is 1. The minimum atomic E-state index is -1.12. The summed E-state index contributed by atoms with van der Waals surface area (Å²) in [5, 5.41) is 15.2. The highest BCUT2D eigenvalue weighted by atomic mass is 16.5. The lowest BCUT2D eigenvalue weighted by Gasteiger charge is -2.41. The molecule has 2 aliphatic heterocycles. The van der Waals surface area contributed by atoms with Crippen molar-refractivity contribution in [1.82, 2.24) is 19.7 Å². The Labute approximate surface area is 285 Å². The monoisotopic (exact) mass is 649 g/mol. The fourth-order valence-corrected chi connectivity index (χ4v) is 7.27. The van der Waals surface area contributed by atoms with Gasteiger partial charge in [0, 0.05) is 67.0 Å². The summed E-state index contributed by atoms with van der Waals surface area (Å²) in [7, 11) is 0. The van der Waals surface area contributed by atoms with Gasteiger partial charge in [-0.1, -0.05) is 44.2 Å². The number of hydrogen-bond donors (Lipinski definition) is 1. The highest BCUT2D eigenvalue weighted by molar-refractivity contribution is 5.88. The smallest absolute Gasteiger partial charge is 0.337 e. The second-order valence-electron chi connectivity index (χ2n) is 15.6. The van der Waals surface area contributed by atoms with E-state index in [1.807, 2.05) is 38.6 Å². The van der Waals surface area contributed by atoms with Crippen molar-refractivity contribution in [1.29, 1.82) is 0 Å². The molecule has 0 spiro atoms. The topological polar surface area (TPSA) is 83.7 Å². The lowest BCUT2D eigenvalue weighted by atomic mass is 9.81. The van der Waals surface area contributed by atoms with Crippen LogP contribution in [0.5, 0.6) is 0 Å². The van der Waals surface area contributed by atoms with Crippen molar-refractivity contribution >= 4 is 11.7 Å². The van der Waals surface area contributed by atoms with E-state index in [0.717, 1.165) is 80.2 Å². The van der Waals surface area contributed by atoms with Crippen LogP contribution in [0.1, 0.15) is 92.8 Å². The summed E-state index contributed by atoms with van der Waals surface area (Å²) in [6, 6.07) is 15.2. The Balaban J connectivity index is 1.33. The third-order valence-corrected chi connectivity index (χ3v) is 9.86. The van der Waals surface area contributed by atoms with E-state index in [1.54, 1.807) is 0 Å². The molecule has 4 aromatic rings. The zero-order valence-electron chi connectivity index (χ0n) is 29.9. The number of anilines is 1. The largest absolute Gasteiger partial charge is 0.479 e. The molecule has 0 bridgehead atoms. The summed E-state index contributed by atoms with van der Waals surface area (Å²) in [5.74, 6) is -0.988. The highest BCUT2D eigenvalue weighted by Crippen LogP contribution is 2.45. The number of ether oxygens (including phenoxy) is 1. The predicted octanol–water partition coefficient (Wildman–Crippen LogP) is 7.99. The van der Waals surface area contributed by atoms with Gasteiger partial charge in [0.05, 0.1) is 23.2 Å². The molecule has 1 fully saturated rings. The molecule has 1 saturated heterocycles. The van der Waals surface area contributed by atoms with E-state index >= 15 is 0 Å². The molecule has 0 saturated carbocycles. The Morgan fingerprint density at radius 1 is 1.00 bits per heavy atom. The van der Waals surface area contributed by atoms with Gasteiger partial charge in [0.15, 0.2) is 6.10 Å². The summed E-state index contributed by atoms with van der Waals surface area (Å²) in [6.07, 6.45) is 6.00. The standard InChI is InChI=1S/C40H51N5O3/c1-26-10-9-11-33(20-26)45-24-29(22-41-45)23-43-17-14-30-21-31(12-13-32(30)25-43)34-27(2)42-28(3)35(37(38(46)47)48-39(4,5)6)36(34)44-18-15-40(7,8)16-19-44/h9-13,20-22,24,37H,14-19,23,25H2,1-8H3,(H,46,47)/t37-/m0/s1. The van der Waals surface area contributed by atoms with Gasteiger partial charge in [-0.15, -0.1) is 0 Å². The van der Waals surface area contributed by atoms with Crippen LogP contribution in [-0.4, -0.2) is 56.0 Å². The minimum Gasteiger partial charge on any atom is -0.479 e. The summed E-state index contributed by atoms with van der Waals surface area (Å²) >= 11 is 0. The van der Waals surface area contributed by atoms with Crippen LogP contribution in [-0.2, 0) is 29.0 Å². The maximum absolute atomic E-state index is 12.9. The van der Waals surface area contributed by atoms with Crippen molar-refractivity contribution in [2.45, 2.75) is 99.4 Å². The van der Waals surface area contributed by atoms with Crippen LogP contribution in [0.2, 0.25) is 0 Å². The summed E-state index contributed by atoms with van der Waals surface area (Å²) < 4.78 is 8.23.